The second-order valence-electron chi connectivity index (χ2n) is 9.87. The van der Waals surface area contributed by atoms with Crippen LogP contribution in [0.2, 0.25) is 0 Å². The maximum absolute atomic E-state index is 13.7. The number of aryl methyl sites for hydroxylation is 1. The predicted molar refractivity (Wildman–Crippen MR) is 160 cm³/mol. The number of hydrogen-bond acceptors (Lipinski definition) is 6. The lowest BCUT2D eigenvalue weighted by Gasteiger charge is -2.14. The van der Waals surface area contributed by atoms with Crippen molar-refractivity contribution >= 4 is 33.8 Å². The van der Waals surface area contributed by atoms with Gasteiger partial charge in [-0.3, -0.25) is 4.79 Å². The van der Waals surface area contributed by atoms with Crippen LogP contribution in [0.25, 0.3) is 39.1 Å². The van der Waals surface area contributed by atoms with Crippen molar-refractivity contribution in [1.29, 1.82) is 0 Å². The van der Waals surface area contributed by atoms with Gasteiger partial charge in [-0.1, -0.05) is 18.2 Å². The number of benzene rings is 3. The van der Waals surface area contributed by atoms with Gasteiger partial charge in [-0.05, 0) is 74.5 Å². The Hall–Kier alpha value is -5.11. The zero-order chi connectivity index (χ0) is 28.0. The van der Waals surface area contributed by atoms with Crippen LogP contribution in [0.4, 0.5) is 5.69 Å². The Morgan fingerprint density at radius 3 is 2.48 bits per heavy atom. The molecule has 8 heteroatoms. The second kappa shape index (κ2) is 9.89. The first kappa shape index (κ1) is 25.2. The highest BCUT2D eigenvalue weighted by Gasteiger charge is 2.18. The van der Waals surface area contributed by atoms with Crippen molar-refractivity contribution in [1.82, 2.24) is 14.2 Å². The zero-order valence-electron chi connectivity index (χ0n) is 23.0. The average Bonchev–Trinajstić information content (AvgIpc) is 3.52. The van der Waals surface area contributed by atoms with Crippen molar-refractivity contribution in [3.05, 3.63) is 106 Å². The van der Waals surface area contributed by atoms with Gasteiger partial charge in [0.05, 0.1) is 29.6 Å². The van der Waals surface area contributed by atoms with E-state index in [9.17, 15) is 4.79 Å². The van der Waals surface area contributed by atoms with E-state index in [4.69, 9.17) is 14.1 Å². The van der Waals surface area contributed by atoms with Crippen LogP contribution in [0.3, 0.4) is 0 Å². The molecule has 0 aliphatic heterocycles. The summed E-state index contributed by atoms with van der Waals surface area (Å²) in [5.41, 5.74) is 6.08. The third-order valence-corrected chi connectivity index (χ3v) is 7.12. The molecule has 40 heavy (non-hydrogen) atoms. The number of methoxy groups -OCH3 is 1. The molecule has 3 aromatic carbocycles. The number of fused-ring (bicyclic) bond motifs is 2. The van der Waals surface area contributed by atoms with Crippen LogP contribution in [-0.2, 0) is 0 Å². The fraction of sp³-hybridized carbons (Fsp3) is 0.156. The van der Waals surface area contributed by atoms with Crippen molar-refractivity contribution < 1.29 is 9.15 Å². The molecule has 0 aliphatic rings. The topological polar surface area (TPSA) is 77.8 Å². The Labute approximate surface area is 231 Å². The van der Waals surface area contributed by atoms with E-state index >= 15 is 0 Å². The zero-order valence-corrected chi connectivity index (χ0v) is 23.0. The SMILES string of the molecule is COc1cccc2oc(-c3nc4ccccc4c(=O)n3N=Cc3cc(C)n(-c4ccc(N(C)C)cc4)c3C)cc12. The van der Waals surface area contributed by atoms with Crippen molar-refractivity contribution in [2.24, 2.45) is 5.10 Å². The molecule has 8 nitrogen and oxygen atoms in total. The third kappa shape index (κ3) is 4.23. The Bertz CT molecular complexity index is 1960. The van der Waals surface area contributed by atoms with Crippen molar-refractivity contribution in [3.8, 4) is 23.0 Å². The molecule has 0 aliphatic carbocycles. The number of rotatable bonds is 6. The van der Waals surface area contributed by atoms with Crippen LogP contribution in [-0.4, -0.2) is 41.6 Å². The van der Waals surface area contributed by atoms with E-state index < -0.39 is 0 Å². The summed E-state index contributed by atoms with van der Waals surface area (Å²) in [7, 11) is 5.66. The summed E-state index contributed by atoms with van der Waals surface area (Å²) < 4.78 is 15.1. The Morgan fingerprint density at radius 2 is 1.73 bits per heavy atom. The molecular weight excluding hydrogens is 502 g/mol. The van der Waals surface area contributed by atoms with Gasteiger partial charge in [-0.15, -0.1) is 0 Å². The number of anilines is 1. The average molecular weight is 532 g/mol. The first-order valence-corrected chi connectivity index (χ1v) is 13.0. The van der Waals surface area contributed by atoms with Crippen LogP contribution in [0.15, 0.2) is 93.2 Å². The van der Waals surface area contributed by atoms with E-state index in [2.05, 4.69) is 51.8 Å². The molecule has 0 spiro atoms. The lowest BCUT2D eigenvalue weighted by Crippen LogP contribution is -2.20. The molecule has 0 unspecified atom stereocenters. The van der Waals surface area contributed by atoms with Crippen LogP contribution in [0.5, 0.6) is 5.75 Å². The summed E-state index contributed by atoms with van der Waals surface area (Å²) in [6.45, 7) is 4.10. The van der Waals surface area contributed by atoms with Gasteiger partial charge in [0.1, 0.15) is 11.3 Å². The summed E-state index contributed by atoms with van der Waals surface area (Å²) in [4.78, 5) is 20.5. The highest BCUT2D eigenvalue weighted by molar-refractivity contribution is 5.89. The number of para-hydroxylation sites is 1. The summed E-state index contributed by atoms with van der Waals surface area (Å²) in [5, 5.41) is 5.94. The lowest BCUT2D eigenvalue weighted by atomic mass is 10.2. The summed E-state index contributed by atoms with van der Waals surface area (Å²) in [6.07, 6.45) is 1.71. The molecule has 0 saturated heterocycles. The minimum absolute atomic E-state index is 0.280. The van der Waals surface area contributed by atoms with Gasteiger partial charge in [-0.2, -0.15) is 9.78 Å². The standard InChI is InChI=1S/C32H29N5O3/c1-20-17-22(21(2)36(20)24-15-13-23(14-16-24)35(3)4)19-33-37-31(34-27-10-7-6-9-25(27)32(37)38)30-18-26-28(39-5)11-8-12-29(26)40-30/h6-19H,1-5H3. The van der Waals surface area contributed by atoms with Gasteiger partial charge in [0.15, 0.2) is 5.76 Å². The van der Waals surface area contributed by atoms with Gasteiger partial charge in [0.2, 0.25) is 5.82 Å². The normalized spacial score (nSPS) is 11.6. The van der Waals surface area contributed by atoms with E-state index in [1.54, 1.807) is 19.4 Å². The molecule has 0 radical (unpaired) electrons. The van der Waals surface area contributed by atoms with Gasteiger partial charge in [0.25, 0.3) is 5.56 Å². The summed E-state index contributed by atoms with van der Waals surface area (Å²) in [5.74, 6) is 1.41. The van der Waals surface area contributed by atoms with Gasteiger partial charge in [0, 0.05) is 42.4 Å². The number of nitrogens with zero attached hydrogens (tertiary/aromatic N) is 5. The number of ether oxygens (including phenoxy) is 1. The Morgan fingerprint density at radius 1 is 0.950 bits per heavy atom. The Kier molecular flexibility index (Phi) is 6.23. The first-order chi connectivity index (χ1) is 19.4. The van der Waals surface area contributed by atoms with Gasteiger partial charge >= 0.3 is 0 Å². The quantitative estimate of drug-likeness (QED) is 0.240. The molecule has 0 bridgehead atoms. The molecule has 6 rings (SSSR count). The molecule has 0 saturated carbocycles. The number of furan rings is 1. The largest absolute Gasteiger partial charge is 0.496 e. The van der Waals surface area contributed by atoms with E-state index in [1.807, 2.05) is 63.5 Å². The van der Waals surface area contributed by atoms with Crippen molar-refractivity contribution in [2.45, 2.75) is 13.8 Å². The van der Waals surface area contributed by atoms with Crippen molar-refractivity contribution in [2.75, 3.05) is 26.1 Å². The van der Waals surface area contributed by atoms with Gasteiger partial charge < -0.3 is 18.6 Å². The lowest BCUT2D eigenvalue weighted by molar-refractivity contribution is 0.419. The maximum Gasteiger partial charge on any atom is 0.282 e. The highest BCUT2D eigenvalue weighted by atomic mass is 16.5. The molecule has 3 heterocycles. The number of hydrogen-bond donors (Lipinski definition) is 0. The van der Waals surface area contributed by atoms with Crippen LogP contribution in [0, 0.1) is 13.8 Å². The van der Waals surface area contributed by atoms with Crippen molar-refractivity contribution in [3.63, 3.8) is 0 Å². The molecule has 3 aromatic heterocycles. The van der Waals surface area contributed by atoms with E-state index in [-0.39, 0.29) is 5.56 Å². The van der Waals surface area contributed by atoms with Gasteiger partial charge in [-0.25, -0.2) is 4.98 Å². The number of aromatic nitrogens is 3. The molecule has 200 valence electrons. The van der Waals surface area contributed by atoms with E-state index in [1.165, 1.54) is 4.68 Å². The summed E-state index contributed by atoms with van der Waals surface area (Å²) in [6, 6.07) is 25.1. The van der Waals surface area contributed by atoms with E-state index in [0.717, 1.165) is 33.7 Å². The monoisotopic (exact) mass is 531 g/mol. The fourth-order valence-electron chi connectivity index (χ4n) is 5.05. The molecule has 0 atom stereocenters. The molecular formula is C32H29N5O3. The second-order valence-corrected chi connectivity index (χ2v) is 9.87. The maximum atomic E-state index is 13.7. The minimum Gasteiger partial charge on any atom is -0.496 e. The summed E-state index contributed by atoms with van der Waals surface area (Å²) >= 11 is 0. The fourth-order valence-corrected chi connectivity index (χ4v) is 5.05. The molecule has 6 aromatic rings. The highest BCUT2D eigenvalue weighted by Crippen LogP contribution is 2.33. The molecule has 0 N–H and O–H groups in total. The molecule has 0 amide bonds. The van der Waals surface area contributed by atoms with Crippen LogP contribution in [0.1, 0.15) is 17.0 Å². The predicted octanol–water partition coefficient (Wildman–Crippen LogP) is 6.17. The Balaban J connectivity index is 1.48. The van der Waals surface area contributed by atoms with E-state index in [0.29, 0.717) is 33.8 Å². The minimum atomic E-state index is -0.280. The van der Waals surface area contributed by atoms with Crippen LogP contribution < -0.4 is 15.2 Å². The van der Waals surface area contributed by atoms with Crippen LogP contribution >= 0.6 is 0 Å². The molecule has 0 fully saturated rings. The smallest absolute Gasteiger partial charge is 0.282 e. The first-order valence-electron chi connectivity index (χ1n) is 13.0. The third-order valence-electron chi connectivity index (χ3n) is 7.12.